The van der Waals surface area contributed by atoms with E-state index >= 15 is 0 Å². The SMILES string of the molecule is CC(=O)N[C@H]1CCN(c2cc(-c3ccc(Sc4ccccc4C(C)C)c(C(F)(F)F)c3)ncn2)C1. The summed E-state index contributed by atoms with van der Waals surface area (Å²) >= 11 is 1.13. The van der Waals surface area contributed by atoms with Crippen molar-refractivity contribution in [3.63, 3.8) is 0 Å². The molecule has 1 aliphatic heterocycles. The number of nitrogens with one attached hydrogen (secondary N) is 1. The van der Waals surface area contributed by atoms with Crippen molar-refractivity contribution in [2.75, 3.05) is 18.0 Å². The van der Waals surface area contributed by atoms with Crippen LogP contribution in [0.3, 0.4) is 0 Å². The number of alkyl halides is 3. The second kappa shape index (κ2) is 10.3. The third-order valence-electron chi connectivity index (χ3n) is 5.91. The standard InChI is InChI=1S/C26H27F3N4OS/c1-16(2)20-6-4-5-7-23(20)35-24-9-8-18(12-21(24)26(27,28)29)22-13-25(31-15-30-22)33-11-10-19(14-33)32-17(3)34/h4-9,12-13,15-16,19H,10-11,14H2,1-3H3,(H,32,34)/t19-/m0/s1. The molecule has 0 bridgehead atoms. The zero-order chi connectivity index (χ0) is 25.2. The van der Waals surface area contributed by atoms with Crippen molar-refractivity contribution in [3.8, 4) is 11.3 Å². The zero-order valence-corrected chi connectivity index (χ0v) is 20.6. The highest BCUT2D eigenvalue weighted by Gasteiger charge is 2.34. The highest BCUT2D eigenvalue weighted by atomic mass is 32.2. The fourth-order valence-electron chi connectivity index (χ4n) is 4.22. The van der Waals surface area contributed by atoms with Crippen molar-refractivity contribution in [3.05, 3.63) is 66.0 Å². The molecule has 1 N–H and O–H groups in total. The van der Waals surface area contributed by atoms with Gasteiger partial charge < -0.3 is 10.2 Å². The van der Waals surface area contributed by atoms with Crippen molar-refractivity contribution >= 4 is 23.5 Å². The Morgan fingerprint density at radius 1 is 1.11 bits per heavy atom. The van der Waals surface area contributed by atoms with Crippen molar-refractivity contribution in [1.82, 2.24) is 15.3 Å². The van der Waals surface area contributed by atoms with Gasteiger partial charge in [-0.15, -0.1) is 0 Å². The predicted octanol–water partition coefficient (Wildman–Crippen LogP) is 6.15. The maximum absolute atomic E-state index is 14.1. The van der Waals surface area contributed by atoms with Crippen molar-refractivity contribution in [2.45, 2.75) is 55.1 Å². The Morgan fingerprint density at radius 2 is 1.89 bits per heavy atom. The third kappa shape index (κ3) is 5.96. The van der Waals surface area contributed by atoms with E-state index in [9.17, 15) is 18.0 Å². The van der Waals surface area contributed by atoms with E-state index < -0.39 is 11.7 Å². The molecule has 1 atom stereocenters. The topological polar surface area (TPSA) is 58.1 Å². The van der Waals surface area contributed by atoms with Gasteiger partial charge in [0, 0.05) is 47.5 Å². The minimum absolute atomic E-state index is 0.0211. The van der Waals surface area contributed by atoms with Crippen LogP contribution in [-0.2, 0) is 11.0 Å². The number of amides is 1. The van der Waals surface area contributed by atoms with Gasteiger partial charge >= 0.3 is 6.18 Å². The fraction of sp³-hybridized carbons (Fsp3) is 0.346. The van der Waals surface area contributed by atoms with E-state index in [4.69, 9.17) is 0 Å². The largest absolute Gasteiger partial charge is 0.417 e. The van der Waals surface area contributed by atoms with Gasteiger partial charge in [-0.25, -0.2) is 9.97 Å². The van der Waals surface area contributed by atoms with Crippen LogP contribution >= 0.6 is 11.8 Å². The molecule has 0 unspecified atom stereocenters. The molecule has 0 spiro atoms. The van der Waals surface area contributed by atoms with Crippen LogP contribution in [0.4, 0.5) is 19.0 Å². The lowest BCUT2D eigenvalue weighted by atomic mass is 10.0. The molecule has 4 rings (SSSR count). The first-order valence-corrected chi connectivity index (χ1v) is 12.3. The lowest BCUT2D eigenvalue weighted by molar-refractivity contribution is -0.139. The molecule has 9 heteroatoms. The summed E-state index contributed by atoms with van der Waals surface area (Å²) < 4.78 is 42.3. The average molecular weight is 501 g/mol. The van der Waals surface area contributed by atoms with Gasteiger partial charge in [-0.2, -0.15) is 13.2 Å². The molecule has 1 saturated heterocycles. The lowest BCUT2D eigenvalue weighted by Gasteiger charge is -2.19. The van der Waals surface area contributed by atoms with Gasteiger partial charge in [-0.05, 0) is 36.1 Å². The predicted molar refractivity (Wildman–Crippen MR) is 132 cm³/mol. The Hall–Kier alpha value is -3.07. The first-order valence-electron chi connectivity index (χ1n) is 11.4. The maximum Gasteiger partial charge on any atom is 0.417 e. The quantitative estimate of drug-likeness (QED) is 0.440. The van der Waals surface area contributed by atoms with Crippen LogP contribution in [0.5, 0.6) is 0 Å². The smallest absolute Gasteiger partial charge is 0.354 e. The molecule has 2 aromatic carbocycles. The summed E-state index contributed by atoms with van der Waals surface area (Å²) in [6, 6.07) is 13.6. The van der Waals surface area contributed by atoms with Crippen molar-refractivity contribution < 1.29 is 18.0 Å². The van der Waals surface area contributed by atoms with Crippen LogP contribution < -0.4 is 10.2 Å². The van der Waals surface area contributed by atoms with Crippen molar-refractivity contribution in [2.24, 2.45) is 0 Å². The van der Waals surface area contributed by atoms with Crippen LogP contribution in [0.2, 0.25) is 0 Å². The first kappa shape index (κ1) is 25.0. The number of nitrogens with zero attached hydrogens (tertiary/aromatic N) is 3. The van der Waals surface area contributed by atoms with Gasteiger partial charge in [0.1, 0.15) is 12.1 Å². The van der Waals surface area contributed by atoms with E-state index in [0.717, 1.165) is 34.7 Å². The lowest BCUT2D eigenvalue weighted by Crippen LogP contribution is -2.35. The number of hydrogen-bond acceptors (Lipinski definition) is 5. The molecule has 5 nitrogen and oxygen atoms in total. The Morgan fingerprint density at radius 3 is 2.60 bits per heavy atom. The van der Waals surface area contributed by atoms with Crippen LogP contribution in [0.25, 0.3) is 11.3 Å². The maximum atomic E-state index is 14.1. The van der Waals surface area contributed by atoms with E-state index in [1.807, 2.05) is 43.0 Å². The number of aromatic nitrogens is 2. The molecular formula is C26H27F3N4OS. The molecule has 1 amide bonds. The third-order valence-corrected chi connectivity index (χ3v) is 7.08. The van der Waals surface area contributed by atoms with Gasteiger partial charge in [0.15, 0.2) is 0 Å². The molecule has 0 aliphatic carbocycles. The van der Waals surface area contributed by atoms with Gasteiger partial charge in [0.05, 0.1) is 11.3 Å². The van der Waals surface area contributed by atoms with E-state index in [0.29, 0.717) is 30.2 Å². The van der Waals surface area contributed by atoms with Crippen LogP contribution in [0, 0.1) is 0 Å². The number of anilines is 1. The molecule has 1 fully saturated rings. The fourth-order valence-corrected chi connectivity index (χ4v) is 5.45. The van der Waals surface area contributed by atoms with Crippen molar-refractivity contribution in [1.29, 1.82) is 0 Å². The summed E-state index contributed by atoms with van der Waals surface area (Å²) in [4.78, 5) is 22.9. The Bertz CT molecular complexity index is 1220. The molecular weight excluding hydrogens is 473 g/mol. The molecule has 184 valence electrons. The van der Waals surface area contributed by atoms with E-state index in [1.54, 1.807) is 12.1 Å². The van der Waals surface area contributed by atoms with Crippen LogP contribution in [0.1, 0.15) is 44.2 Å². The van der Waals surface area contributed by atoms with Gasteiger partial charge in [-0.3, -0.25) is 4.79 Å². The molecule has 1 aromatic heterocycles. The van der Waals surface area contributed by atoms with Crippen LogP contribution in [0.15, 0.2) is 64.6 Å². The Balaban J connectivity index is 1.64. The van der Waals surface area contributed by atoms with E-state index in [-0.39, 0.29) is 22.8 Å². The summed E-state index contributed by atoms with van der Waals surface area (Å²) in [5.41, 5.74) is 1.12. The zero-order valence-electron chi connectivity index (χ0n) is 19.8. The number of hydrogen-bond donors (Lipinski definition) is 1. The minimum atomic E-state index is -4.51. The Labute approximate surface area is 207 Å². The highest BCUT2D eigenvalue weighted by Crippen LogP contribution is 2.43. The molecule has 1 aliphatic rings. The Kier molecular flexibility index (Phi) is 7.35. The summed E-state index contributed by atoms with van der Waals surface area (Å²) in [5.74, 6) is 0.734. The summed E-state index contributed by atoms with van der Waals surface area (Å²) in [6.07, 6.45) is -2.37. The number of carbonyl (C=O) groups excluding carboxylic acids is 1. The molecule has 0 saturated carbocycles. The van der Waals surface area contributed by atoms with Crippen LogP contribution in [-0.4, -0.2) is 35.0 Å². The van der Waals surface area contributed by atoms with E-state index in [1.165, 1.54) is 19.3 Å². The molecule has 2 heterocycles. The second-order valence-electron chi connectivity index (χ2n) is 8.90. The first-order chi connectivity index (χ1) is 16.6. The molecule has 35 heavy (non-hydrogen) atoms. The number of rotatable bonds is 6. The normalized spacial score (nSPS) is 16.1. The second-order valence-corrected chi connectivity index (χ2v) is 9.98. The minimum Gasteiger partial charge on any atom is -0.354 e. The van der Waals surface area contributed by atoms with Gasteiger partial charge in [0.25, 0.3) is 0 Å². The molecule has 0 radical (unpaired) electrons. The van der Waals surface area contributed by atoms with Gasteiger partial charge in [-0.1, -0.05) is 49.9 Å². The number of carbonyl (C=O) groups is 1. The average Bonchev–Trinajstić information content (AvgIpc) is 3.27. The number of halogens is 3. The van der Waals surface area contributed by atoms with Gasteiger partial charge in [0.2, 0.25) is 5.91 Å². The summed E-state index contributed by atoms with van der Waals surface area (Å²) in [5, 5.41) is 2.90. The highest BCUT2D eigenvalue weighted by molar-refractivity contribution is 7.99. The van der Waals surface area contributed by atoms with E-state index in [2.05, 4.69) is 15.3 Å². The molecule has 3 aromatic rings. The summed E-state index contributed by atoms with van der Waals surface area (Å²) in [6.45, 7) is 6.82. The summed E-state index contributed by atoms with van der Waals surface area (Å²) in [7, 11) is 0. The monoisotopic (exact) mass is 500 g/mol. The number of benzene rings is 2.